The van der Waals surface area contributed by atoms with E-state index in [0.717, 1.165) is 0 Å². The maximum absolute atomic E-state index is 13.6. The zero-order valence-electron chi connectivity index (χ0n) is 19.0. The van der Waals surface area contributed by atoms with Gasteiger partial charge in [0.25, 0.3) is 11.8 Å². The lowest BCUT2D eigenvalue weighted by molar-refractivity contribution is 0.0534. The lowest BCUT2D eigenvalue weighted by Gasteiger charge is -2.35. The number of nitrogens with zero attached hydrogens (tertiary/aromatic N) is 5. The number of fused-ring (bicyclic) bond motifs is 1. The van der Waals surface area contributed by atoms with Gasteiger partial charge in [0.1, 0.15) is 11.4 Å². The van der Waals surface area contributed by atoms with Crippen molar-refractivity contribution in [2.75, 3.05) is 26.2 Å². The molecule has 1 aromatic carbocycles. The smallest absolute Gasteiger partial charge is 0.257 e. The first-order valence-electron chi connectivity index (χ1n) is 11.2. The second-order valence-corrected chi connectivity index (χ2v) is 8.55. The van der Waals surface area contributed by atoms with Crippen LogP contribution in [0.1, 0.15) is 40.6 Å². The summed E-state index contributed by atoms with van der Waals surface area (Å²) >= 11 is 0. The number of aromatic nitrogens is 3. The lowest BCUT2D eigenvalue weighted by Crippen LogP contribution is -2.50. The van der Waals surface area contributed by atoms with E-state index in [1.54, 1.807) is 57.3 Å². The van der Waals surface area contributed by atoms with Crippen LogP contribution in [0.15, 0.2) is 59.3 Å². The second kappa shape index (κ2) is 8.66. The molecular weight excluding hydrogens is 434 g/mol. The normalized spacial score (nSPS) is 14.2. The van der Waals surface area contributed by atoms with E-state index in [0.29, 0.717) is 54.2 Å². The number of para-hydroxylation sites is 1. The number of piperazine rings is 1. The van der Waals surface area contributed by atoms with E-state index in [-0.39, 0.29) is 29.2 Å². The Kier molecular flexibility index (Phi) is 5.53. The van der Waals surface area contributed by atoms with Gasteiger partial charge < -0.3 is 19.3 Å². The Balaban J connectivity index is 1.42. The number of rotatable bonds is 4. The van der Waals surface area contributed by atoms with Crippen molar-refractivity contribution in [3.8, 4) is 17.2 Å². The highest BCUT2D eigenvalue weighted by Crippen LogP contribution is 2.28. The molecule has 1 saturated heterocycles. The van der Waals surface area contributed by atoms with Crippen LogP contribution in [0.4, 0.5) is 0 Å². The SMILES string of the molecule is CC(C)n1ncc2c(C(=O)N3CCN(C(=O)c4ccccc4O)CC3)cc(-c3ccco3)nc21. The summed E-state index contributed by atoms with van der Waals surface area (Å²) in [5.74, 6) is 0.149. The molecular formula is C25H25N5O4. The van der Waals surface area contributed by atoms with E-state index in [4.69, 9.17) is 9.40 Å². The predicted octanol–water partition coefficient (Wildman–Crippen LogP) is 3.58. The van der Waals surface area contributed by atoms with E-state index in [1.807, 2.05) is 19.9 Å². The third kappa shape index (κ3) is 3.79. The highest BCUT2D eigenvalue weighted by Gasteiger charge is 2.28. The molecule has 0 aliphatic carbocycles. The minimum atomic E-state index is -0.241. The molecule has 0 saturated carbocycles. The molecule has 0 radical (unpaired) electrons. The molecule has 174 valence electrons. The number of hydrogen-bond donors (Lipinski definition) is 1. The maximum Gasteiger partial charge on any atom is 0.257 e. The van der Waals surface area contributed by atoms with Crippen LogP contribution in [-0.2, 0) is 0 Å². The standard InChI is InChI=1S/C25H25N5O4/c1-16(2)30-23-19(15-26-30)18(14-20(27-23)22-8-5-13-34-22)25(33)29-11-9-28(10-12-29)24(32)17-6-3-4-7-21(17)31/h3-8,13-16,31H,9-12H2,1-2H3. The molecule has 2 amide bonds. The van der Waals surface area contributed by atoms with Gasteiger partial charge in [-0.05, 0) is 44.2 Å². The van der Waals surface area contributed by atoms with Crippen molar-refractivity contribution in [3.63, 3.8) is 0 Å². The number of carbonyl (C=O) groups is 2. The molecule has 1 N–H and O–H groups in total. The molecule has 1 aliphatic rings. The van der Waals surface area contributed by atoms with Gasteiger partial charge in [-0.1, -0.05) is 12.1 Å². The Morgan fingerprint density at radius 3 is 2.26 bits per heavy atom. The Labute approximate surface area is 196 Å². The van der Waals surface area contributed by atoms with Gasteiger partial charge in [-0.2, -0.15) is 5.10 Å². The van der Waals surface area contributed by atoms with Gasteiger partial charge in [0, 0.05) is 32.2 Å². The van der Waals surface area contributed by atoms with Crippen molar-refractivity contribution in [3.05, 3.63) is 66.1 Å². The summed E-state index contributed by atoms with van der Waals surface area (Å²) in [5, 5.41) is 15.2. The zero-order chi connectivity index (χ0) is 23.8. The number of benzene rings is 1. The number of phenolic OH excluding ortho intramolecular Hbond substituents is 1. The van der Waals surface area contributed by atoms with Crippen LogP contribution in [0.2, 0.25) is 0 Å². The van der Waals surface area contributed by atoms with Crippen molar-refractivity contribution in [2.24, 2.45) is 0 Å². The third-order valence-corrected chi connectivity index (χ3v) is 6.05. The minimum Gasteiger partial charge on any atom is -0.507 e. The summed E-state index contributed by atoms with van der Waals surface area (Å²) in [6.07, 6.45) is 3.25. The molecule has 0 unspecified atom stereocenters. The average Bonchev–Trinajstić information content (AvgIpc) is 3.53. The topological polar surface area (TPSA) is 105 Å². The molecule has 34 heavy (non-hydrogen) atoms. The fraction of sp³-hybridized carbons (Fsp3) is 0.280. The van der Waals surface area contributed by atoms with Gasteiger partial charge in [0.05, 0.1) is 29.0 Å². The summed E-state index contributed by atoms with van der Waals surface area (Å²) in [4.78, 5) is 34.5. The summed E-state index contributed by atoms with van der Waals surface area (Å²) < 4.78 is 7.33. The minimum absolute atomic E-state index is 0.0437. The molecule has 9 nitrogen and oxygen atoms in total. The number of furan rings is 1. The molecule has 4 aromatic rings. The van der Waals surface area contributed by atoms with Gasteiger partial charge in [0.15, 0.2) is 11.4 Å². The largest absolute Gasteiger partial charge is 0.507 e. The van der Waals surface area contributed by atoms with Crippen LogP contribution in [0.3, 0.4) is 0 Å². The highest BCUT2D eigenvalue weighted by atomic mass is 16.3. The van der Waals surface area contributed by atoms with Crippen LogP contribution < -0.4 is 0 Å². The number of amides is 2. The number of pyridine rings is 1. The van der Waals surface area contributed by atoms with Crippen LogP contribution in [0.25, 0.3) is 22.5 Å². The fourth-order valence-corrected chi connectivity index (χ4v) is 4.23. The predicted molar refractivity (Wildman–Crippen MR) is 126 cm³/mol. The van der Waals surface area contributed by atoms with Gasteiger partial charge in [0.2, 0.25) is 0 Å². The second-order valence-electron chi connectivity index (χ2n) is 8.55. The summed E-state index contributed by atoms with van der Waals surface area (Å²) in [6, 6.07) is 11.9. The van der Waals surface area contributed by atoms with Crippen molar-refractivity contribution in [1.29, 1.82) is 0 Å². The quantitative estimate of drug-likeness (QED) is 0.500. The molecule has 5 rings (SSSR count). The van der Waals surface area contributed by atoms with E-state index in [1.165, 1.54) is 6.07 Å². The average molecular weight is 460 g/mol. The molecule has 3 aromatic heterocycles. The lowest BCUT2D eigenvalue weighted by atomic mass is 10.1. The van der Waals surface area contributed by atoms with Gasteiger partial charge in [-0.25, -0.2) is 9.67 Å². The molecule has 0 spiro atoms. The monoisotopic (exact) mass is 459 g/mol. The highest BCUT2D eigenvalue weighted by molar-refractivity contribution is 6.06. The van der Waals surface area contributed by atoms with Crippen LogP contribution in [0.5, 0.6) is 5.75 Å². The molecule has 1 aliphatic heterocycles. The first-order chi connectivity index (χ1) is 16.4. The van der Waals surface area contributed by atoms with Crippen molar-refractivity contribution < 1.29 is 19.1 Å². The fourth-order valence-electron chi connectivity index (χ4n) is 4.23. The van der Waals surface area contributed by atoms with Crippen molar-refractivity contribution in [1.82, 2.24) is 24.6 Å². The first-order valence-corrected chi connectivity index (χ1v) is 11.2. The van der Waals surface area contributed by atoms with Crippen molar-refractivity contribution in [2.45, 2.75) is 19.9 Å². The molecule has 4 heterocycles. The Hall–Kier alpha value is -4.14. The van der Waals surface area contributed by atoms with E-state index in [2.05, 4.69) is 5.10 Å². The van der Waals surface area contributed by atoms with E-state index < -0.39 is 0 Å². The number of carbonyl (C=O) groups excluding carboxylic acids is 2. The molecule has 0 atom stereocenters. The van der Waals surface area contributed by atoms with E-state index in [9.17, 15) is 14.7 Å². The number of hydrogen-bond acceptors (Lipinski definition) is 6. The number of phenols is 1. The van der Waals surface area contributed by atoms with Gasteiger partial charge in [-0.15, -0.1) is 0 Å². The Morgan fingerprint density at radius 1 is 0.971 bits per heavy atom. The summed E-state index contributed by atoms with van der Waals surface area (Å²) in [5.41, 5.74) is 1.96. The van der Waals surface area contributed by atoms with Crippen LogP contribution >= 0.6 is 0 Å². The first kappa shape index (κ1) is 21.7. The third-order valence-electron chi connectivity index (χ3n) is 6.05. The summed E-state index contributed by atoms with van der Waals surface area (Å²) in [6.45, 7) is 5.55. The van der Waals surface area contributed by atoms with Crippen molar-refractivity contribution >= 4 is 22.8 Å². The number of aromatic hydroxyl groups is 1. The zero-order valence-corrected chi connectivity index (χ0v) is 19.0. The van der Waals surface area contributed by atoms with E-state index >= 15 is 0 Å². The molecule has 0 bridgehead atoms. The molecule has 9 heteroatoms. The van der Waals surface area contributed by atoms with Crippen LogP contribution in [0, 0.1) is 0 Å². The van der Waals surface area contributed by atoms with Gasteiger partial charge >= 0.3 is 0 Å². The maximum atomic E-state index is 13.6. The molecule has 1 fully saturated rings. The van der Waals surface area contributed by atoms with Crippen LogP contribution in [-0.4, -0.2) is 67.7 Å². The van der Waals surface area contributed by atoms with Gasteiger partial charge in [-0.3, -0.25) is 9.59 Å². The Morgan fingerprint density at radius 2 is 1.65 bits per heavy atom. The summed E-state index contributed by atoms with van der Waals surface area (Å²) in [7, 11) is 0. The Bertz CT molecular complexity index is 1350.